The van der Waals surface area contributed by atoms with Crippen LogP contribution in [0.1, 0.15) is 17.5 Å². The van der Waals surface area contributed by atoms with Crippen LogP contribution < -0.4 is 5.32 Å². The van der Waals surface area contributed by atoms with Gasteiger partial charge in [-0.05, 0) is 30.2 Å². The molecule has 0 aliphatic carbocycles. The summed E-state index contributed by atoms with van der Waals surface area (Å²) in [7, 11) is 1.75. The molecular weight excluding hydrogens is 250 g/mol. The van der Waals surface area contributed by atoms with Crippen molar-refractivity contribution in [3.63, 3.8) is 0 Å². The fraction of sp³-hybridized carbons (Fsp3) is 0.571. The first-order valence-electron chi connectivity index (χ1n) is 6.24. The molecule has 1 N–H and O–H groups in total. The number of halogens is 1. The van der Waals surface area contributed by atoms with Crippen LogP contribution in [0.15, 0.2) is 18.2 Å². The van der Waals surface area contributed by atoms with Crippen molar-refractivity contribution in [1.82, 2.24) is 5.32 Å². The molecule has 0 bridgehead atoms. The zero-order valence-corrected chi connectivity index (χ0v) is 11.7. The predicted molar refractivity (Wildman–Crippen MR) is 73.1 cm³/mol. The summed E-state index contributed by atoms with van der Waals surface area (Å²) in [4.78, 5) is 0. The molecule has 4 heteroatoms. The highest BCUT2D eigenvalue weighted by molar-refractivity contribution is 6.30. The molecule has 1 aromatic carbocycles. The van der Waals surface area contributed by atoms with Crippen molar-refractivity contribution in [1.29, 1.82) is 0 Å². The number of hydrogen-bond donors (Lipinski definition) is 1. The summed E-state index contributed by atoms with van der Waals surface area (Å²) in [5, 5.41) is 4.23. The van der Waals surface area contributed by atoms with Crippen molar-refractivity contribution in [2.45, 2.75) is 25.5 Å². The lowest BCUT2D eigenvalue weighted by atomic mass is 10.0. The summed E-state index contributed by atoms with van der Waals surface area (Å²) < 4.78 is 11.0. The van der Waals surface area contributed by atoms with E-state index in [0.29, 0.717) is 6.61 Å². The Hall–Kier alpha value is -0.610. The van der Waals surface area contributed by atoms with Crippen LogP contribution in [0, 0.1) is 6.92 Å². The second-order valence-electron chi connectivity index (χ2n) is 4.86. The van der Waals surface area contributed by atoms with Gasteiger partial charge >= 0.3 is 0 Å². The molecule has 0 radical (unpaired) electrons. The van der Waals surface area contributed by atoms with Gasteiger partial charge in [0.15, 0.2) is 0 Å². The van der Waals surface area contributed by atoms with Gasteiger partial charge < -0.3 is 14.8 Å². The Labute approximate surface area is 113 Å². The molecule has 0 spiro atoms. The third kappa shape index (κ3) is 3.23. The summed E-state index contributed by atoms with van der Waals surface area (Å²) in [6, 6.07) is 5.98. The van der Waals surface area contributed by atoms with Crippen LogP contribution in [0.4, 0.5) is 0 Å². The van der Waals surface area contributed by atoms with E-state index in [1.54, 1.807) is 7.11 Å². The van der Waals surface area contributed by atoms with Crippen LogP contribution >= 0.6 is 11.6 Å². The third-order valence-electron chi connectivity index (χ3n) is 3.57. The molecule has 100 valence electrons. The Balaban J connectivity index is 1.88. The first kappa shape index (κ1) is 13.8. The summed E-state index contributed by atoms with van der Waals surface area (Å²) >= 11 is 5.94. The van der Waals surface area contributed by atoms with Gasteiger partial charge in [-0.15, -0.1) is 0 Å². The highest BCUT2D eigenvalue weighted by Crippen LogP contribution is 2.22. The standard InChI is InChI=1S/C14H20ClNO2/c1-11-7-13(15)4-3-12(11)8-16-9-14(17-2)5-6-18-10-14/h3-4,7,16H,5-6,8-10H2,1-2H3. The van der Waals surface area contributed by atoms with Gasteiger partial charge in [-0.2, -0.15) is 0 Å². The van der Waals surface area contributed by atoms with Gasteiger partial charge in [0.2, 0.25) is 0 Å². The number of methoxy groups -OCH3 is 1. The van der Waals surface area contributed by atoms with Gasteiger partial charge in [-0.3, -0.25) is 0 Å². The van der Waals surface area contributed by atoms with Gasteiger partial charge in [-0.1, -0.05) is 17.7 Å². The second kappa shape index (κ2) is 6.02. The molecule has 1 atom stereocenters. The van der Waals surface area contributed by atoms with Crippen molar-refractivity contribution in [2.75, 3.05) is 26.9 Å². The van der Waals surface area contributed by atoms with Crippen LogP contribution in [0.25, 0.3) is 0 Å². The molecule has 1 heterocycles. The summed E-state index contributed by atoms with van der Waals surface area (Å²) in [6.07, 6.45) is 0.954. The first-order chi connectivity index (χ1) is 8.65. The minimum Gasteiger partial charge on any atom is -0.378 e. The number of rotatable bonds is 5. The minimum absolute atomic E-state index is 0.152. The van der Waals surface area contributed by atoms with E-state index in [0.717, 1.165) is 31.1 Å². The molecular formula is C14H20ClNO2. The van der Waals surface area contributed by atoms with Crippen molar-refractivity contribution >= 4 is 11.6 Å². The Morgan fingerprint density at radius 2 is 2.33 bits per heavy atom. The van der Waals surface area contributed by atoms with E-state index in [2.05, 4.69) is 18.3 Å². The van der Waals surface area contributed by atoms with E-state index >= 15 is 0 Å². The molecule has 2 rings (SSSR count). The average molecular weight is 270 g/mol. The fourth-order valence-corrected chi connectivity index (χ4v) is 2.47. The maximum absolute atomic E-state index is 5.94. The number of benzene rings is 1. The third-order valence-corrected chi connectivity index (χ3v) is 3.80. The molecule has 1 aliphatic heterocycles. The molecule has 0 amide bonds. The fourth-order valence-electron chi connectivity index (χ4n) is 2.24. The van der Waals surface area contributed by atoms with Crippen molar-refractivity contribution < 1.29 is 9.47 Å². The van der Waals surface area contributed by atoms with E-state index < -0.39 is 0 Å². The van der Waals surface area contributed by atoms with Crippen LogP contribution in [0.3, 0.4) is 0 Å². The lowest BCUT2D eigenvalue weighted by Gasteiger charge is -2.26. The number of aryl methyl sites for hydroxylation is 1. The van der Waals surface area contributed by atoms with Crippen molar-refractivity contribution in [3.05, 3.63) is 34.3 Å². The van der Waals surface area contributed by atoms with Crippen LogP contribution in [0.5, 0.6) is 0 Å². The van der Waals surface area contributed by atoms with Crippen LogP contribution in [-0.4, -0.2) is 32.5 Å². The molecule has 0 saturated carbocycles. The Bertz CT molecular complexity index is 403. The van der Waals surface area contributed by atoms with E-state index in [4.69, 9.17) is 21.1 Å². The van der Waals surface area contributed by atoms with E-state index in [-0.39, 0.29) is 5.60 Å². The van der Waals surface area contributed by atoms with Crippen molar-refractivity contribution in [2.24, 2.45) is 0 Å². The summed E-state index contributed by atoms with van der Waals surface area (Å²) in [5.74, 6) is 0. The molecule has 1 aliphatic rings. The van der Waals surface area contributed by atoms with Crippen LogP contribution in [-0.2, 0) is 16.0 Å². The molecule has 0 aromatic heterocycles. The number of ether oxygens (including phenoxy) is 2. The maximum Gasteiger partial charge on any atom is 0.106 e. The molecule has 3 nitrogen and oxygen atoms in total. The van der Waals surface area contributed by atoms with Crippen molar-refractivity contribution in [3.8, 4) is 0 Å². The zero-order chi connectivity index (χ0) is 13.0. The van der Waals surface area contributed by atoms with Gasteiger partial charge in [-0.25, -0.2) is 0 Å². The largest absolute Gasteiger partial charge is 0.378 e. The summed E-state index contributed by atoms with van der Waals surface area (Å²) in [6.45, 7) is 5.18. The Kier molecular flexibility index (Phi) is 4.62. The van der Waals surface area contributed by atoms with E-state index in [1.165, 1.54) is 11.1 Å². The van der Waals surface area contributed by atoms with Crippen LogP contribution in [0.2, 0.25) is 5.02 Å². The Morgan fingerprint density at radius 1 is 1.50 bits per heavy atom. The summed E-state index contributed by atoms with van der Waals surface area (Å²) in [5.41, 5.74) is 2.33. The molecule has 1 saturated heterocycles. The maximum atomic E-state index is 5.94. The van der Waals surface area contributed by atoms with Gasteiger partial charge in [0.1, 0.15) is 5.60 Å². The average Bonchev–Trinajstić information content (AvgIpc) is 2.81. The highest BCUT2D eigenvalue weighted by Gasteiger charge is 2.34. The topological polar surface area (TPSA) is 30.5 Å². The molecule has 18 heavy (non-hydrogen) atoms. The van der Waals surface area contributed by atoms with Gasteiger partial charge in [0.25, 0.3) is 0 Å². The monoisotopic (exact) mass is 269 g/mol. The lowest BCUT2D eigenvalue weighted by molar-refractivity contribution is -0.0159. The number of hydrogen-bond acceptors (Lipinski definition) is 3. The zero-order valence-electron chi connectivity index (χ0n) is 11.0. The normalized spacial score (nSPS) is 23.5. The SMILES string of the molecule is COC1(CNCc2ccc(Cl)cc2C)CCOC1. The quantitative estimate of drug-likeness (QED) is 0.891. The minimum atomic E-state index is -0.152. The van der Waals surface area contributed by atoms with Gasteiger partial charge in [0, 0.05) is 38.2 Å². The molecule has 1 unspecified atom stereocenters. The molecule has 1 aromatic rings. The lowest BCUT2D eigenvalue weighted by Crippen LogP contribution is -2.42. The second-order valence-corrected chi connectivity index (χ2v) is 5.30. The first-order valence-corrected chi connectivity index (χ1v) is 6.62. The van der Waals surface area contributed by atoms with E-state index in [1.807, 2.05) is 12.1 Å². The van der Waals surface area contributed by atoms with Gasteiger partial charge in [0.05, 0.1) is 6.61 Å². The highest BCUT2D eigenvalue weighted by atomic mass is 35.5. The predicted octanol–water partition coefficient (Wildman–Crippen LogP) is 2.54. The van der Waals surface area contributed by atoms with E-state index in [9.17, 15) is 0 Å². The molecule has 1 fully saturated rings. The Morgan fingerprint density at radius 3 is 2.94 bits per heavy atom. The number of nitrogens with one attached hydrogen (secondary N) is 1. The smallest absolute Gasteiger partial charge is 0.106 e.